The second kappa shape index (κ2) is 9.80. The summed E-state index contributed by atoms with van der Waals surface area (Å²) >= 11 is 1.31. The van der Waals surface area contributed by atoms with Crippen molar-refractivity contribution in [3.05, 3.63) is 118 Å². The van der Waals surface area contributed by atoms with Gasteiger partial charge in [0.25, 0.3) is 0 Å². The number of aryl methyl sites for hydroxylation is 1. The molecule has 0 fully saturated rings. The SMILES string of the molecule is Cc1ccc(S(=O)(=O)C(C)(C)C(=O)C2=CC(c3ccccc3C(=O)c3ccccc3)=CCS2)cc1. The summed E-state index contributed by atoms with van der Waals surface area (Å²) in [5.74, 6) is -0.0639. The number of allylic oxidation sites excluding steroid dienone is 3. The van der Waals surface area contributed by atoms with Crippen molar-refractivity contribution in [1.29, 1.82) is 0 Å². The minimum absolute atomic E-state index is 0.108. The molecule has 0 atom stereocenters. The minimum atomic E-state index is -3.92. The van der Waals surface area contributed by atoms with Crippen LogP contribution in [0.2, 0.25) is 0 Å². The van der Waals surface area contributed by atoms with Crippen LogP contribution >= 0.6 is 11.8 Å². The van der Waals surface area contributed by atoms with Crippen LogP contribution in [0, 0.1) is 6.92 Å². The lowest BCUT2D eigenvalue weighted by atomic mass is 9.93. The van der Waals surface area contributed by atoms with E-state index < -0.39 is 20.4 Å². The zero-order valence-corrected chi connectivity index (χ0v) is 21.4. The maximum absolute atomic E-state index is 13.6. The largest absolute Gasteiger partial charge is 0.292 e. The van der Waals surface area contributed by atoms with E-state index in [0.29, 0.717) is 27.3 Å². The number of sulfone groups is 1. The Hall–Kier alpha value is -3.22. The molecule has 0 radical (unpaired) electrons. The van der Waals surface area contributed by atoms with E-state index in [-0.39, 0.29) is 10.7 Å². The van der Waals surface area contributed by atoms with Crippen LogP contribution in [0.25, 0.3) is 5.57 Å². The Labute approximate surface area is 210 Å². The van der Waals surface area contributed by atoms with Crippen LogP contribution in [0.4, 0.5) is 0 Å². The maximum Gasteiger partial charge on any atom is 0.193 e. The monoisotopic (exact) mass is 502 g/mol. The van der Waals surface area contributed by atoms with Gasteiger partial charge in [-0.25, -0.2) is 8.42 Å². The number of thioether (sulfide) groups is 1. The smallest absolute Gasteiger partial charge is 0.193 e. The quantitative estimate of drug-likeness (QED) is 0.367. The van der Waals surface area contributed by atoms with Gasteiger partial charge in [-0.2, -0.15) is 0 Å². The fraction of sp³-hybridized carbons (Fsp3) is 0.172. The molecule has 0 unspecified atom stereocenters. The topological polar surface area (TPSA) is 68.3 Å². The first kappa shape index (κ1) is 24.9. The summed E-state index contributed by atoms with van der Waals surface area (Å²) in [5, 5.41) is 0. The van der Waals surface area contributed by atoms with Gasteiger partial charge in [0.1, 0.15) is 4.75 Å². The fourth-order valence-corrected chi connectivity index (χ4v) is 6.43. The molecule has 1 aliphatic rings. The molecule has 178 valence electrons. The molecule has 0 aromatic heterocycles. The van der Waals surface area contributed by atoms with Gasteiger partial charge in [0.05, 0.1) is 9.80 Å². The second-order valence-corrected chi connectivity index (χ2v) is 12.4. The van der Waals surface area contributed by atoms with Gasteiger partial charge in [-0.3, -0.25) is 9.59 Å². The molecule has 0 amide bonds. The molecule has 1 heterocycles. The van der Waals surface area contributed by atoms with Crippen LogP contribution in [0.15, 0.2) is 101 Å². The van der Waals surface area contributed by atoms with E-state index in [1.807, 2.05) is 49.4 Å². The number of benzene rings is 3. The Morgan fingerprint density at radius 2 is 1.49 bits per heavy atom. The van der Waals surface area contributed by atoms with Crippen LogP contribution < -0.4 is 0 Å². The van der Waals surface area contributed by atoms with Gasteiger partial charge in [0.2, 0.25) is 0 Å². The number of carbonyl (C=O) groups excluding carboxylic acids is 2. The third-order valence-electron chi connectivity index (χ3n) is 6.12. The first-order chi connectivity index (χ1) is 16.6. The molecule has 0 N–H and O–H groups in total. The van der Waals surface area contributed by atoms with Gasteiger partial charge >= 0.3 is 0 Å². The van der Waals surface area contributed by atoms with E-state index in [2.05, 4.69) is 0 Å². The standard InChI is InChI=1S/C29H26O4S2/c1-20-13-15-23(16-14-20)35(32,33)29(2,3)28(31)26-19-22(17-18-34-26)24-11-7-8-12-25(24)27(30)21-9-5-4-6-10-21/h4-17,19H,18H2,1-3H3. The van der Waals surface area contributed by atoms with Crippen molar-refractivity contribution in [2.75, 3.05) is 5.75 Å². The summed E-state index contributed by atoms with van der Waals surface area (Å²) in [4.78, 5) is 27.2. The van der Waals surface area contributed by atoms with E-state index in [1.54, 1.807) is 48.5 Å². The molecule has 3 aromatic carbocycles. The highest BCUT2D eigenvalue weighted by atomic mass is 32.2. The number of hydrogen-bond donors (Lipinski definition) is 0. The maximum atomic E-state index is 13.6. The highest BCUT2D eigenvalue weighted by molar-refractivity contribution is 8.04. The van der Waals surface area contributed by atoms with Gasteiger partial charge in [0.15, 0.2) is 21.4 Å². The van der Waals surface area contributed by atoms with E-state index >= 15 is 0 Å². The third kappa shape index (κ3) is 4.81. The molecule has 0 saturated heterocycles. The third-order valence-corrected chi connectivity index (χ3v) is 9.49. The molecule has 0 aliphatic carbocycles. The van der Waals surface area contributed by atoms with Crippen LogP contribution in [0.5, 0.6) is 0 Å². The normalized spacial score (nSPS) is 14.1. The van der Waals surface area contributed by atoms with E-state index in [0.717, 1.165) is 11.1 Å². The Kier molecular flexibility index (Phi) is 6.97. The molecule has 0 bridgehead atoms. The van der Waals surface area contributed by atoms with Crippen molar-refractivity contribution in [1.82, 2.24) is 0 Å². The van der Waals surface area contributed by atoms with Gasteiger partial charge in [-0.1, -0.05) is 78.4 Å². The fourth-order valence-electron chi connectivity index (χ4n) is 3.89. The van der Waals surface area contributed by atoms with Crippen LogP contribution in [-0.4, -0.2) is 30.5 Å². The first-order valence-electron chi connectivity index (χ1n) is 11.2. The van der Waals surface area contributed by atoms with Crippen LogP contribution in [0.3, 0.4) is 0 Å². The van der Waals surface area contributed by atoms with Gasteiger partial charge < -0.3 is 0 Å². The summed E-state index contributed by atoms with van der Waals surface area (Å²) in [6, 6.07) is 22.9. The van der Waals surface area contributed by atoms with Crippen molar-refractivity contribution < 1.29 is 18.0 Å². The summed E-state index contributed by atoms with van der Waals surface area (Å²) in [6.07, 6.45) is 3.67. The number of hydrogen-bond acceptors (Lipinski definition) is 5. The molecule has 35 heavy (non-hydrogen) atoms. The zero-order chi connectivity index (χ0) is 25.2. The van der Waals surface area contributed by atoms with E-state index in [9.17, 15) is 18.0 Å². The predicted octanol–water partition coefficient (Wildman–Crippen LogP) is 6.06. The lowest BCUT2D eigenvalue weighted by Gasteiger charge is -2.26. The van der Waals surface area contributed by atoms with Crippen LogP contribution in [0.1, 0.15) is 40.9 Å². The summed E-state index contributed by atoms with van der Waals surface area (Å²) in [7, 11) is -3.92. The van der Waals surface area contributed by atoms with Crippen molar-refractivity contribution >= 4 is 38.7 Å². The Morgan fingerprint density at radius 1 is 0.857 bits per heavy atom. The molecule has 0 spiro atoms. The number of carbonyl (C=O) groups is 2. The van der Waals surface area contributed by atoms with Crippen molar-refractivity contribution in [2.24, 2.45) is 0 Å². The summed E-state index contributed by atoms with van der Waals surface area (Å²) < 4.78 is 25.1. The predicted molar refractivity (Wildman–Crippen MR) is 142 cm³/mol. The molecule has 6 heteroatoms. The Morgan fingerprint density at radius 3 is 2.17 bits per heavy atom. The van der Waals surface area contributed by atoms with E-state index in [1.165, 1.54) is 25.6 Å². The highest BCUT2D eigenvalue weighted by Crippen LogP contribution is 2.37. The molecule has 3 aromatic rings. The Bertz CT molecular complexity index is 1450. The molecule has 4 rings (SSSR count). The van der Waals surface area contributed by atoms with Crippen molar-refractivity contribution in [3.63, 3.8) is 0 Å². The molecular weight excluding hydrogens is 476 g/mol. The first-order valence-corrected chi connectivity index (χ1v) is 13.7. The number of rotatable bonds is 7. The van der Waals surface area contributed by atoms with Gasteiger partial charge in [-0.05, 0) is 50.1 Å². The lowest BCUT2D eigenvalue weighted by Crippen LogP contribution is -2.41. The number of Topliss-reactive ketones (excluding diaryl/α,β-unsaturated/α-hetero) is 1. The number of ketones is 2. The summed E-state index contributed by atoms with van der Waals surface area (Å²) in [6.45, 7) is 4.79. The highest BCUT2D eigenvalue weighted by Gasteiger charge is 2.44. The molecule has 1 aliphatic heterocycles. The van der Waals surface area contributed by atoms with Crippen molar-refractivity contribution in [2.45, 2.75) is 30.4 Å². The van der Waals surface area contributed by atoms with E-state index in [4.69, 9.17) is 0 Å². The average molecular weight is 503 g/mol. The molecule has 4 nitrogen and oxygen atoms in total. The van der Waals surface area contributed by atoms with Crippen molar-refractivity contribution in [3.8, 4) is 0 Å². The van der Waals surface area contributed by atoms with Crippen LogP contribution in [-0.2, 0) is 14.6 Å². The summed E-state index contributed by atoms with van der Waals surface area (Å²) in [5.41, 5.74) is 3.50. The zero-order valence-electron chi connectivity index (χ0n) is 19.8. The van der Waals surface area contributed by atoms with Gasteiger partial charge in [-0.15, -0.1) is 11.8 Å². The second-order valence-electron chi connectivity index (χ2n) is 8.88. The lowest BCUT2D eigenvalue weighted by molar-refractivity contribution is -0.116. The molecule has 0 saturated carbocycles. The van der Waals surface area contributed by atoms with Gasteiger partial charge in [0, 0.05) is 16.9 Å². The average Bonchev–Trinajstić information content (AvgIpc) is 2.88. The Balaban J connectivity index is 1.69. The minimum Gasteiger partial charge on any atom is -0.292 e. The molecular formula is C29H26O4S2.